The van der Waals surface area contributed by atoms with Crippen LogP contribution in [0.25, 0.3) is 5.65 Å². The Morgan fingerprint density at radius 1 is 1.50 bits per heavy atom. The van der Waals surface area contributed by atoms with Crippen molar-refractivity contribution in [2.45, 2.75) is 0 Å². The maximum absolute atomic E-state index is 11.0. The molecule has 74 valence electrons. The first kappa shape index (κ1) is 11.0. The Labute approximate surface area is 94.3 Å². The summed E-state index contributed by atoms with van der Waals surface area (Å²) in [6.07, 6.45) is 1.75. The van der Waals surface area contributed by atoms with Crippen LogP contribution in [0.5, 0.6) is 0 Å². The average Bonchev–Trinajstić information content (AvgIpc) is 2.07. The van der Waals surface area contributed by atoms with Crippen molar-refractivity contribution in [3.63, 3.8) is 0 Å². The smallest absolute Gasteiger partial charge is 0.275 e. The molecule has 0 atom stereocenters. The van der Waals surface area contributed by atoms with Crippen LogP contribution in [0.4, 0.5) is 5.82 Å². The fourth-order valence-electron chi connectivity index (χ4n) is 1.12. The number of halogens is 2. The molecular formula is C8H7BrClN3O. The molecule has 14 heavy (non-hydrogen) atoms. The van der Waals surface area contributed by atoms with Crippen molar-refractivity contribution in [1.29, 1.82) is 0 Å². The second-order valence-electron chi connectivity index (χ2n) is 2.57. The highest BCUT2D eigenvalue weighted by Crippen LogP contribution is 2.15. The molecular weight excluding hydrogens is 269 g/mol. The number of fused-ring (bicyclic) bond motifs is 1. The molecule has 0 aromatic carbocycles. The summed E-state index contributed by atoms with van der Waals surface area (Å²) in [5.74, 6) is 0.385. The molecule has 4 nitrogen and oxygen atoms in total. The van der Waals surface area contributed by atoms with Crippen LogP contribution in [0.1, 0.15) is 0 Å². The fourth-order valence-corrected chi connectivity index (χ4v) is 1.55. The van der Waals surface area contributed by atoms with Gasteiger partial charge in [0.25, 0.3) is 5.56 Å². The van der Waals surface area contributed by atoms with Crippen molar-refractivity contribution in [2.75, 3.05) is 5.73 Å². The molecule has 0 bridgehead atoms. The minimum Gasteiger partial charge on any atom is -0.385 e. The number of hydrogen-bond acceptors (Lipinski definition) is 3. The number of nitrogens with zero attached hydrogens (tertiary/aromatic N) is 2. The van der Waals surface area contributed by atoms with Gasteiger partial charge in [0, 0.05) is 12.3 Å². The largest absolute Gasteiger partial charge is 0.385 e. The number of nitrogens with two attached hydrogens (primary N) is 1. The van der Waals surface area contributed by atoms with Crippen molar-refractivity contribution < 1.29 is 0 Å². The van der Waals surface area contributed by atoms with Crippen LogP contribution >= 0.6 is 28.3 Å². The van der Waals surface area contributed by atoms with Gasteiger partial charge >= 0.3 is 0 Å². The van der Waals surface area contributed by atoms with Gasteiger partial charge in [0.15, 0.2) is 5.65 Å². The van der Waals surface area contributed by atoms with Crippen molar-refractivity contribution >= 4 is 39.8 Å². The summed E-state index contributed by atoms with van der Waals surface area (Å²) in [5.41, 5.74) is 5.83. The van der Waals surface area contributed by atoms with Crippen LogP contribution in [0.15, 0.2) is 33.7 Å². The maximum atomic E-state index is 11.0. The number of pyridine rings is 1. The van der Waals surface area contributed by atoms with Crippen LogP contribution in [0.2, 0.25) is 0 Å². The lowest BCUT2D eigenvalue weighted by Gasteiger charge is -2.03. The van der Waals surface area contributed by atoms with E-state index in [1.54, 1.807) is 16.7 Å². The molecule has 0 unspecified atom stereocenters. The third-order valence-corrected chi connectivity index (χ3v) is 2.30. The zero-order chi connectivity index (χ0) is 9.42. The normalized spacial score (nSPS) is 9.79. The summed E-state index contributed by atoms with van der Waals surface area (Å²) in [4.78, 5) is 14.8. The van der Waals surface area contributed by atoms with Gasteiger partial charge in [-0.3, -0.25) is 9.20 Å². The summed E-state index contributed by atoms with van der Waals surface area (Å²) in [7, 11) is 0. The van der Waals surface area contributed by atoms with Gasteiger partial charge in [-0.15, -0.1) is 12.4 Å². The predicted molar refractivity (Wildman–Crippen MR) is 60.8 cm³/mol. The zero-order valence-electron chi connectivity index (χ0n) is 6.98. The van der Waals surface area contributed by atoms with E-state index in [1.165, 1.54) is 6.07 Å². The van der Waals surface area contributed by atoms with E-state index in [9.17, 15) is 4.79 Å². The summed E-state index contributed by atoms with van der Waals surface area (Å²) in [6, 6.07) is 4.92. The predicted octanol–water partition coefficient (Wildman–Crippen LogP) is 1.46. The highest BCUT2D eigenvalue weighted by atomic mass is 79.9. The number of anilines is 1. The summed E-state index contributed by atoms with van der Waals surface area (Å²) >= 11 is 3.29. The van der Waals surface area contributed by atoms with Gasteiger partial charge in [-0.05, 0) is 28.1 Å². The average molecular weight is 277 g/mol. The van der Waals surface area contributed by atoms with E-state index in [0.717, 1.165) is 4.47 Å². The van der Waals surface area contributed by atoms with E-state index in [-0.39, 0.29) is 18.0 Å². The molecule has 2 N–H and O–H groups in total. The van der Waals surface area contributed by atoms with E-state index in [0.29, 0.717) is 11.5 Å². The maximum Gasteiger partial charge on any atom is 0.275 e. The van der Waals surface area contributed by atoms with E-state index >= 15 is 0 Å². The minimum atomic E-state index is -0.329. The second kappa shape index (κ2) is 3.98. The van der Waals surface area contributed by atoms with Gasteiger partial charge in [-0.25, -0.2) is 0 Å². The van der Waals surface area contributed by atoms with Gasteiger partial charge in [0.2, 0.25) is 0 Å². The Kier molecular flexibility index (Phi) is 3.13. The number of rotatable bonds is 0. The molecule has 0 fully saturated rings. The van der Waals surface area contributed by atoms with Gasteiger partial charge in [0.1, 0.15) is 5.82 Å². The van der Waals surface area contributed by atoms with E-state index in [4.69, 9.17) is 5.73 Å². The Morgan fingerprint density at radius 3 is 2.93 bits per heavy atom. The molecule has 0 radical (unpaired) electrons. The molecule has 2 aromatic rings. The van der Waals surface area contributed by atoms with Crippen molar-refractivity contribution in [3.8, 4) is 0 Å². The minimum absolute atomic E-state index is 0. The van der Waals surface area contributed by atoms with E-state index < -0.39 is 0 Å². The molecule has 2 heterocycles. The topological polar surface area (TPSA) is 60.4 Å². The molecule has 0 amide bonds. The number of hydrogen-bond donors (Lipinski definition) is 1. The quantitative estimate of drug-likeness (QED) is 0.792. The third-order valence-electron chi connectivity index (χ3n) is 1.69. The van der Waals surface area contributed by atoms with Crippen LogP contribution < -0.4 is 11.3 Å². The monoisotopic (exact) mass is 275 g/mol. The first-order valence-electron chi connectivity index (χ1n) is 3.62. The second-order valence-corrected chi connectivity index (χ2v) is 3.42. The van der Waals surface area contributed by atoms with Crippen LogP contribution in [-0.2, 0) is 0 Å². The van der Waals surface area contributed by atoms with Crippen LogP contribution in [0.3, 0.4) is 0 Å². The van der Waals surface area contributed by atoms with Crippen molar-refractivity contribution in [2.24, 2.45) is 0 Å². The molecule has 0 aliphatic carbocycles. The van der Waals surface area contributed by atoms with Crippen LogP contribution in [0, 0.1) is 0 Å². The lowest BCUT2D eigenvalue weighted by Crippen LogP contribution is -2.11. The summed E-state index contributed by atoms with van der Waals surface area (Å²) < 4.78 is 2.39. The van der Waals surface area contributed by atoms with E-state index in [1.807, 2.05) is 6.07 Å². The molecule has 0 saturated carbocycles. The molecule has 0 aliphatic heterocycles. The Bertz CT molecular complexity index is 525. The molecule has 0 saturated heterocycles. The number of nitrogen functional groups attached to an aromatic ring is 1. The Hall–Kier alpha value is -1.07. The van der Waals surface area contributed by atoms with Crippen molar-refractivity contribution in [1.82, 2.24) is 9.38 Å². The molecule has 2 rings (SSSR count). The lowest BCUT2D eigenvalue weighted by atomic mass is 10.4. The van der Waals surface area contributed by atoms with Gasteiger partial charge in [-0.2, -0.15) is 4.98 Å². The molecule has 2 aromatic heterocycles. The standard InChI is InChI=1S/C8H6BrN3O.ClH/c9-5-2-1-3-12-6(10)4-7(13)11-8(5)12;/h1-4H,10H2;1H. The van der Waals surface area contributed by atoms with Gasteiger partial charge < -0.3 is 5.73 Å². The summed E-state index contributed by atoms with van der Waals surface area (Å²) in [6.45, 7) is 0. The molecule has 6 heteroatoms. The van der Waals surface area contributed by atoms with Gasteiger partial charge in [0.05, 0.1) is 4.47 Å². The SMILES string of the molecule is Cl.Nc1cc(=O)nc2c(Br)cccn12. The van der Waals surface area contributed by atoms with E-state index in [2.05, 4.69) is 20.9 Å². The molecule has 0 aliphatic rings. The fraction of sp³-hybridized carbons (Fsp3) is 0. The van der Waals surface area contributed by atoms with Gasteiger partial charge in [-0.1, -0.05) is 0 Å². The highest BCUT2D eigenvalue weighted by Gasteiger charge is 2.01. The van der Waals surface area contributed by atoms with Crippen LogP contribution in [-0.4, -0.2) is 9.38 Å². The Morgan fingerprint density at radius 2 is 2.21 bits per heavy atom. The van der Waals surface area contributed by atoms with Crippen molar-refractivity contribution in [3.05, 3.63) is 39.2 Å². The zero-order valence-corrected chi connectivity index (χ0v) is 9.38. The number of aromatic nitrogens is 2. The first-order valence-corrected chi connectivity index (χ1v) is 4.41. The molecule has 0 spiro atoms. The first-order chi connectivity index (χ1) is 6.18. The lowest BCUT2D eigenvalue weighted by molar-refractivity contribution is 1.08. The highest BCUT2D eigenvalue weighted by molar-refractivity contribution is 9.10. The summed E-state index contributed by atoms with van der Waals surface area (Å²) in [5, 5.41) is 0. The Balaban J connectivity index is 0.000000980. The third kappa shape index (κ3) is 1.73.